The highest BCUT2D eigenvalue weighted by Gasteiger charge is 2.32. The monoisotopic (exact) mass is 281 g/mol. The van der Waals surface area contributed by atoms with Crippen LogP contribution in [0.5, 0.6) is 0 Å². The van der Waals surface area contributed by atoms with Crippen molar-refractivity contribution in [3.63, 3.8) is 0 Å². The van der Waals surface area contributed by atoms with Crippen LogP contribution in [-0.4, -0.2) is 15.0 Å². The molecule has 1 aromatic carbocycles. The molecule has 3 aromatic rings. The maximum Gasteiger partial charge on any atom is 0.416 e. The maximum absolute atomic E-state index is 13.2. The summed E-state index contributed by atoms with van der Waals surface area (Å²) < 4.78 is 51.8. The first-order valence-corrected chi connectivity index (χ1v) is 5.60. The Morgan fingerprint density at radius 2 is 1.85 bits per heavy atom. The summed E-state index contributed by atoms with van der Waals surface area (Å²) in [6, 6.07) is 3.04. The third-order valence-corrected chi connectivity index (χ3v) is 2.87. The van der Waals surface area contributed by atoms with Crippen molar-refractivity contribution in [1.82, 2.24) is 15.0 Å². The zero-order chi connectivity index (χ0) is 14.3. The molecule has 0 saturated carbocycles. The van der Waals surface area contributed by atoms with Gasteiger partial charge in [-0.3, -0.25) is 4.98 Å². The predicted molar refractivity (Wildman–Crippen MR) is 64.3 cm³/mol. The molecule has 0 fully saturated rings. The molecule has 3 nitrogen and oxygen atoms in total. The number of aromatic nitrogens is 3. The molecule has 20 heavy (non-hydrogen) atoms. The molecule has 2 heterocycles. The zero-order valence-electron chi connectivity index (χ0n) is 9.87. The van der Waals surface area contributed by atoms with Gasteiger partial charge in [0.05, 0.1) is 29.1 Å². The molecule has 0 radical (unpaired) electrons. The lowest BCUT2D eigenvalue weighted by molar-refractivity contribution is -0.137. The Labute approximate surface area is 110 Å². The topological polar surface area (TPSA) is 41.6 Å². The average molecular weight is 281 g/mol. The van der Waals surface area contributed by atoms with Gasteiger partial charge in [-0.25, -0.2) is 9.37 Å². The number of nitrogens with one attached hydrogen (secondary N) is 1. The standard InChI is InChI=1S/C13H7F4N3/c14-9-1-7(4-18-5-9)10-2-8(13(15,16)17)3-11-12(10)20-6-19-11/h1-6H,(H,19,20). The number of alkyl halides is 3. The summed E-state index contributed by atoms with van der Waals surface area (Å²) in [6.45, 7) is 0. The smallest absolute Gasteiger partial charge is 0.345 e. The number of rotatable bonds is 1. The first-order valence-electron chi connectivity index (χ1n) is 5.60. The van der Waals surface area contributed by atoms with Gasteiger partial charge in [-0.1, -0.05) is 0 Å². The first kappa shape index (κ1) is 12.6. The van der Waals surface area contributed by atoms with E-state index in [2.05, 4.69) is 15.0 Å². The van der Waals surface area contributed by atoms with E-state index in [1.165, 1.54) is 12.5 Å². The summed E-state index contributed by atoms with van der Waals surface area (Å²) >= 11 is 0. The van der Waals surface area contributed by atoms with Gasteiger partial charge in [0.2, 0.25) is 0 Å². The second kappa shape index (κ2) is 4.29. The molecule has 0 atom stereocenters. The third-order valence-electron chi connectivity index (χ3n) is 2.87. The van der Waals surface area contributed by atoms with E-state index in [-0.39, 0.29) is 16.6 Å². The third kappa shape index (κ3) is 2.11. The van der Waals surface area contributed by atoms with Gasteiger partial charge in [0.1, 0.15) is 5.82 Å². The molecule has 0 spiro atoms. The Hall–Kier alpha value is -2.44. The highest BCUT2D eigenvalue weighted by atomic mass is 19.4. The van der Waals surface area contributed by atoms with Crippen LogP contribution in [0.4, 0.5) is 17.6 Å². The fraction of sp³-hybridized carbons (Fsp3) is 0.0769. The minimum atomic E-state index is -4.49. The van der Waals surface area contributed by atoms with Crippen LogP contribution in [0.2, 0.25) is 0 Å². The van der Waals surface area contributed by atoms with E-state index in [4.69, 9.17) is 0 Å². The van der Waals surface area contributed by atoms with Crippen LogP contribution < -0.4 is 0 Å². The van der Waals surface area contributed by atoms with Crippen molar-refractivity contribution in [2.75, 3.05) is 0 Å². The van der Waals surface area contributed by atoms with E-state index in [0.29, 0.717) is 5.52 Å². The van der Waals surface area contributed by atoms with Gasteiger partial charge in [-0.05, 0) is 18.2 Å². The number of benzene rings is 1. The molecular formula is C13H7F4N3. The number of imidazole rings is 1. The van der Waals surface area contributed by atoms with Crippen LogP contribution in [-0.2, 0) is 6.18 Å². The van der Waals surface area contributed by atoms with Crippen molar-refractivity contribution in [2.45, 2.75) is 6.18 Å². The Morgan fingerprint density at radius 3 is 2.55 bits per heavy atom. The Bertz CT molecular complexity index is 777. The highest BCUT2D eigenvalue weighted by molar-refractivity contribution is 5.92. The normalized spacial score (nSPS) is 12.0. The van der Waals surface area contributed by atoms with E-state index in [0.717, 1.165) is 24.4 Å². The Kier molecular flexibility index (Phi) is 2.70. The van der Waals surface area contributed by atoms with E-state index in [9.17, 15) is 17.6 Å². The zero-order valence-corrected chi connectivity index (χ0v) is 9.87. The van der Waals surface area contributed by atoms with Gasteiger partial charge in [0, 0.05) is 17.3 Å². The predicted octanol–water partition coefficient (Wildman–Crippen LogP) is 3.78. The van der Waals surface area contributed by atoms with Crippen molar-refractivity contribution in [3.8, 4) is 11.1 Å². The maximum atomic E-state index is 13.2. The number of H-pyrrole nitrogens is 1. The molecule has 2 aromatic heterocycles. The number of aromatic amines is 1. The largest absolute Gasteiger partial charge is 0.416 e. The van der Waals surface area contributed by atoms with Gasteiger partial charge in [-0.2, -0.15) is 13.2 Å². The van der Waals surface area contributed by atoms with Crippen molar-refractivity contribution < 1.29 is 17.6 Å². The molecular weight excluding hydrogens is 274 g/mol. The number of hydrogen-bond acceptors (Lipinski definition) is 2. The first-order chi connectivity index (χ1) is 9.45. The van der Waals surface area contributed by atoms with E-state index in [1.807, 2.05) is 0 Å². The molecule has 0 bridgehead atoms. The van der Waals surface area contributed by atoms with Crippen LogP contribution in [0, 0.1) is 5.82 Å². The molecule has 0 unspecified atom stereocenters. The fourth-order valence-corrected chi connectivity index (χ4v) is 1.99. The van der Waals surface area contributed by atoms with E-state index < -0.39 is 17.6 Å². The van der Waals surface area contributed by atoms with Crippen molar-refractivity contribution in [3.05, 3.63) is 48.3 Å². The summed E-state index contributed by atoms with van der Waals surface area (Å²) in [5, 5.41) is 0. The Morgan fingerprint density at radius 1 is 1.05 bits per heavy atom. The molecule has 102 valence electrons. The summed E-state index contributed by atoms with van der Waals surface area (Å²) in [5.41, 5.74) is 0.175. The highest BCUT2D eigenvalue weighted by Crippen LogP contribution is 2.36. The van der Waals surface area contributed by atoms with Gasteiger partial charge in [-0.15, -0.1) is 0 Å². The molecule has 1 N–H and O–H groups in total. The number of pyridine rings is 1. The summed E-state index contributed by atoms with van der Waals surface area (Å²) in [6.07, 6.45) is -0.915. The van der Waals surface area contributed by atoms with Gasteiger partial charge >= 0.3 is 6.18 Å². The quantitative estimate of drug-likeness (QED) is 0.690. The van der Waals surface area contributed by atoms with E-state index in [1.54, 1.807) is 0 Å². The summed E-state index contributed by atoms with van der Waals surface area (Å²) in [4.78, 5) is 10.3. The van der Waals surface area contributed by atoms with Crippen molar-refractivity contribution in [2.24, 2.45) is 0 Å². The van der Waals surface area contributed by atoms with Crippen LogP contribution in [0.3, 0.4) is 0 Å². The van der Waals surface area contributed by atoms with Gasteiger partial charge < -0.3 is 4.98 Å². The van der Waals surface area contributed by atoms with Crippen LogP contribution in [0.25, 0.3) is 22.2 Å². The lowest BCUT2D eigenvalue weighted by Crippen LogP contribution is -2.05. The number of hydrogen-bond donors (Lipinski definition) is 1. The summed E-state index contributed by atoms with van der Waals surface area (Å²) in [7, 11) is 0. The fourth-order valence-electron chi connectivity index (χ4n) is 1.99. The molecule has 3 rings (SSSR count). The van der Waals surface area contributed by atoms with E-state index >= 15 is 0 Å². The Balaban J connectivity index is 2.31. The van der Waals surface area contributed by atoms with Crippen LogP contribution in [0.1, 0.15) is 5.56 Å². The van der Waals surface area contributed by atoms with Gasteiger partial charge in [0.25, 0.3) is 0 Å². The average Bonchev–Trinajstić information content (AvgIpc) is 2.84. The number of nitrogens with zero attached hydrogens (tertiary/aromatic N) is 2. The molecule has 0 amide bonds. The van der Waals surface area contributed by atoms with Crippen LogP contribution in [0.15, 0.2) is 36.9 Å². The lowest BCUT2D eigenvalue weighted by atomic mass is 10.0. The second-order valence-corrected chi connectivity index (χ2v) is 4.21. The second-order valence-electron chi connectivity index (χ2n) is 4.21. The molecule has 0 aliphatic heterocycles. The minimum Gasteiger partial charge on any atom is -0.345 e. The van der Waals surface area contributed by atoms with Gasteiger partial charge in [0.15, 0.2) is 0 Å². The molecule has 7 heteroatoms. The summed E-state index contributed by atoms with van der Waals surface area (Å²) in [5.74, 6) is -0.622. The minimum absolute atomic E-state index is 0.183. The molecule has 0 aliphatic rings. The van der Waals surface area contributed by atoms with Crippen molar-refractivity contribution in [1.29, 1.82) is 0 Å². The number of halogens is 4. The number of fused-ring (bicyclic) bond motifs is 1. The van der Waals surface area contributed by atoms with Crippen LogP contribution >= 0.6 is 0 Å². The molecule has 0 saturated heterocycles. The van der Waals surface area contributed by atoms with Crippen molar-refractivity contribution >= 4 is 11.0 Å². The molecule has 0 aliphatic carbocycles. The lowest BCUT2D eigenvalue weighted by Gasteiger charge is -2.10. The SMILES string of the molecule is Fc1cncc(-c2cc(C(F)(F)F)cc3[nH]cnc23)c1.